The van der Waals surface area contributed by atoms with Gasteiger partial charge in [0.1, 0.15) is 0 Å². The smallest absolute Gasteiger partial charge is 0.153 e. The maximum Gasteiger partial charge on any atom is 0.153 e. The van der Waals surface area contributed by atoms with Crippen molar-refractivity contribution in [1.82, 2.24) is 14.7 Å². The van der Waals surface area contributed by atoms with Crippen molar-refractivity contribution >= 4 is 19.3 Å². The number of hydrogen-bond donors (Lipinski definition) is 0. The number of rotatable bonds is 5. The minimum Gasteiger partial charge on any atom is -0.284 e. The molecular formula is C18H37N4P. The van der Waals surface area contributed by atoms with E-state index in [2.05, 4.69) is 91.6 Å². The Morgan fingerprint density at radius 2 is 1.43 bits per heavy atom. The average Bonchev–Trinajstić information content (AvgIpc) is 2.64. The predicted octanol–water partition coefficient (Wildman–Crippen LogP) is 3.11. The van der Waals surface area contributed by atoms with Crippen molar-refractivity contribution in [2.75, 3.05) is 48.4 Å². The van der Waals surface area contributed by atoms with Gasteiger partial charge < -0.3 is 0 Å². The largest absolute Gasteiger partial charge is 0.284 e. The van der Waals surface area contributed by atoms with Gasteiger partial charge in [-0.2, -0.15) is 0 Å². The molecule has 0 aromatic rings. The maximum atomic E-state index is 5.30. The number of nitrogens with zero attached hydrogens (tertiary/aromatic N) is 4. The van der Waals surface area contributed by atoms with Gasteiger partial charge in [0.05, 0.1) is 16.7 Å². The van der Waals surface area contributed by atoms with Crippen LogP contribution in [0.4, 0.5) is 0 Å². The molecule has 4 nitrogen and oxygen atoms in total. The standard InChI is InChI=1S/C18H37N4P/c1-16(2,3)13-17(4,5)19-14-12-23-15(20(6)7)18(14,21(8)9)22(10)11/h12-13H2,1-11H3. The van der Waals surface area contributed by atoms with Crippen LogP contribution in [-0.4, -0.2) is 85.5 Å². The summed E-state index contributed by atoms with van der Waals surface area (Å²) in [4.78, 5) is 12.2. The van der Waals surface area contributed by atoms with Crippen molar-refractivity contribution in [2.24, 2.45) is 10.4 Å². The fourth-order valence-corrected chi connectivity index (χ4v) is 5.71. The van der Waals surface area contributed by atoms with Gasteiger partial charge in [-0.1, -0.05) is 29.0 Å². The first-order chi connectivity index (χ1) is 10.2. The first-order valence-corrected chi connectivity index (χ1v) is 9.48. The molecule has 0 aromatic carbocycles. The molecule has 0 atom stereocenters. The highest BCUT2D eigenvalue weighted by molar-refractivity contribution is 7.43. The van der Waals surface area contributed by atoms with Crippen molar-refractivity contribution in [3.8, 4) is 0 Å². The van der Waals surface area contributed by atoms with Gasteiger partial charge in [-0.05, 0) is 68.0 Å². The second kappa shape index (κ2) is 6.92. The van der Waals surface area contributed by atoms with E-state index < -0.39 is 0 Å². The van der Waals surface area contributed by atoms with Crippen molar-refractivity contribution in [1.29, 1.82) is 0 Å². The highest BCUT2D eigenvalue weighted by Gasteiger charge is 2.49. The summed E-state index contributed by atoms with van der Waals surface area (Å²) in [7, 11) is 14.3. The molecule has 0 unspecified atom stereocenters. The SMILES string of the molecule is CN(C)C1=PCC(=NC(C)(C)CC(C)(C)C)C1(N(C)C)N(C)C. The Balaban J connectivity index is 3.38. The van der Waals surface area contributed by atoms with Crippen molar-refractivity contribution < 1.29 is 0 Å². The van der Waals surface area contributed by atoms with Gasteiger partial charge in [-0.15, -0.1) is 0 Å². The van der Waals surface area contributed by atoms with Gasteiger partial charge in [0.2, 0.25) is 0 Å². The van der Waals surface area contributed by atoms with Crippen LogP contribution < -0.4 is 0 Å². The molecule has 0 spiro atoms. The van der Waals surface area contributed by atoms with E-state index >= 15 is 0 Å². The molecule has 0 saturated heterocycles. The van der Waals surface area contributed by atoms with E-state index in [0.717, 1.165) is 12.6 Å². The van der Waals surface area contributed by atoms with E-state index in [1.165, 1.54) is 19.3 Å². The second-order valence-electron chi connectivity index (χ2n) is 9.10. The Morgan fingerprint density at radius 3 is 1.78 bits per heavy atom. The lowest BCUT2D eigenvalue weighted by Crippen LogP contribution is -2.67. The molecule has 0 saturated carbocycles. The van der Waals surface area contributed by atoms with Gasteiger partial charge >= 0.3 is 0 Å². The van der Waals surface area contributed by atoms with E-state index in [9.17, 15) is 0 Å². The maximum absolute atomic E-state index is 5.30. The Bertz CT molecular complexity index is 474. The highest BCUT2D eigenvalue weighted by Crippen LogP contribution is 2.36. The van der Waals surface area contributed by atoms with E-state index in [1.807, 2.05) is 0 Å². The minimum absolute atomic E-state index is 0.0534. The number of hydrogen-bond acceptors (Lipinski definition) is 4. The first kappa shape index (κ1) is 20.8. The van der Waals surface area contributed by atoms with Crippen LogP contribution in [-0.2, 0) is 0 Å². The van der Waals surface area contributed by atoms with Crippen LogP contribution in [0, 0.1) is 5.41 Å². The molecular weight excluding hydrogens is 303 g/mol. The Kier molecular flexibility index (Phi) is 6.24. The molecule has 0 aromatic heterocycles. The van der Waals surface area contributed by atoms with Crippen LogP contribution >= 0.6 is 8.20 Å². The van der Waals surface area contributed by atoms with Gasteiger partial charge in [-0.3, -0.25) is 19.7 Å². The minimum atomic E-state index is -0.222. The highest BCUT2D eigenvalue weighted by atomic mass is 31.1. The molecule has 134 valence electrons. The lowest BCUT2D eigenvalue weighted by molar-refractivity contribution is 0.127. The summed E-state index contributed by atoms with van der Waals surface area (Å²) in [5.41, 5.74) is 2.68. The molecule has 0 radical (unpaired) electrons. The molecule has 1 aliphatic rings. The first-order valence-electron chi connectivity index (χ1n) is 8.40. The molecule has 0 N–H and O–H groups in total. The van der Waals surface area contributed by atoms with Crippen LogP contribution in [0.1, 0.15) is 41.0 Å². The molecule has 1 aliphatic heterocycles. The third kappa shape index (κ3) is 4.42. The van der Waals surface area contributed by atoms with E-state index in [-0.39, 0.29) is 16.6 Å². The lowest BCUT2D eigenvalue weighted by Gasteiger charge is -2.46. The Labute approximate surface area is 145 Å². The predicted molar refractivity (Wildman–Crippen MR) is 106 cm³/mol. The van der Waals surface area contributed by atoms with Gasteiger partial charge in [0.15, 0.2) is 5.66 Å². The molecule has 23 heavy (non-hydrogen) atoms. The van der Waals surface area contributed by atoms with E-state index in [1.54, 1.807) is 0 Å². The van der Waals surface area contributed by atoms with Crippen LogP contribution in [0.5, 0.6) is 0 Å². The summed E-state index contributed by atoms with van der Waals surface area (Å²) < 4.78 is 0. The molecule has 0 fully saturated rings. The number of aliphatic imine (C=N–C) groups is 1. The van der Waals surface area contributed by atoms with Crippen LogP contribution in [0.3, 0.4) is 0 Å². The molecule has 1 heterocycles. The zero-order valence-corrected chi connectivity index (χ0v) is 18.0. The molecule has 0 aliphatic carbocycles. The van der Waals surface area contributed by atoms with Gasteiger partial charge in [-0.25, -0.2) is 0 Å². The van der Waals surface area contributed by atoms with Gasteiger partial charge in [0, 0.05) is 6.16 Å². The van der Waals surface area contributed by atoms with Gasteiger partial charge in [0.25, 0.3) is 0 Å². The monoisotopic (exact) mass is 340 g/mol. The summed E-state index contributed by atoms with van der Waals surface area (Å²) in [6, 6.07) is 0. The van der Waals surface area contributed by atoms with Crippen molar-refractivity contribution in [3.63, 3.8) is 0 Å². The fraction of sp³-hybridized carbons (Fsp3) is 0.889. The molecule has 0 bridgehead atoms. The van der Waals surface area contributed by atoms with Crippen LogP contribution in [0.25, 0.3) is 0 Å². The van der Waals surface area contributed by atoms with Crippen molar-refractivity contribution in [3.05, 3.63) is 0 Å². The average molecular weight is 340 g/mol. The number of likely N-dealkylation sites (N-methyl/N-ethyl adjacent to an activating group) is 3. The third-order valence-electron chi connectivity index (χ3n) is 4.21. The summed E-state index contributed by atoms with van der Waals surface area (Å²) in [6.07, 6.45) is 2.09. The summed E-state index contributed by atoms with van der Waals surface area (Å²) >= 11 is 0. The summed E-state index contributed by atoms with van der Waals surface area (Å²) in [5, 5.41) is 0. The van der Waals surface area contributed by atoms with Crippen molar-refractivity contribution in [2.45, 2.75) is 52.2 Å². The molecule has 5 heteroatoms. The zero-order valence-electron chi connectivity index (χ0n) is 17.2. The Hall–Kier alpha value is -0.280. The zero-order chi connectivity index (χ0) is 18.2. The Morgan fingerprint density at radius 1 is 0.957 bits per heavy atom. The fourth-order valence-electron chi connectivity index (χ4n) is 4.08. The van der Waals surface area contributed by atoms with E-state index in [4.69, 9.17) is 4.99 Å². The molecule has 0 amide bonds. The second-order valence-corrected chi connectivity index (χ2v) is 10.2. The topological polar surface area (TPSA) is 22.1 Å². The normalized spacial score (nSPS) is 21.7. The van der Waals surface area contributed by atoms with Crippen LogP contribution in [0.15, 0.2) is 4.99 Å². The third-order valence-corrected chi connectivity index (χ3v) is 5.68. The molecule has 1 rings (SSSR count). The quantitative estimate of drug-likeness (QED) is 0.567. The lowest BCUT2D eigenvalue weighted by atomic mass is 9.82. The summed E-state index contributed by atoms with van der Waals surface area (Å²) in [5.74, 6) is 0. The summed E-state index contributed by atoms with van der Waals surface area (Å²) in [6.45, 7) is 11.4. The van der Waals surface area contributed by atoms with Crippen LogP contribution in [0.2, 0.25) is 0 Å². The van der Waals surface area contributed by atoms with E-state index in [0.29, 0.717) is 0 Å².